The highest BCUT2D eigenvalue weighted by atomic mass is 16.5. The second-order valence-corrected chi connectivity index (χ2v) is 3.76. The molecule has 0 saturated carbocycles. The fourth-order valence-electron chi connectivity index (χ4n) is 1.50. The number of ether oxygens (including phenoxy) is 1. The van der Waals surface area contributed by atoms with Gasteiger partial charge >= 0.3 is 6.01 Å². The highest BCUT2D eigenvalue weighted by molar-refractivity contribution is 5.35. The van der Waals surface area contributed by atoms with Gasteiger partial charge in [0.1, 0.15) is 0 Å². The summed E-state index contributed by atoms with van der Waals surface area (Å²) < 4.78 is 5.01. The third kappa shape index (κ3) is 3.77. The van der Waals surface area contributed by atoms with Gasteiger partial charge in [0.25, 0.3) is 0 Å². The predicted molar refractivity (Wildman–Crippen MR) is 72.4 cm³/mol. The van der Waals surface area contributed by atoms with Crippen molar-refractivity contribution in [1.82, 2.24) is 19.9 Å². The lowest BCUT2D eigenvalue weighted by Crippen LogP contribution is -2.11. The molecule has 0 unspecified atom stereocenters. The summed E-state index contributed by atoms with van der Waals surface area (Å²) in [5, 5.41) is 5.99. The second kappa shape index (κ2) is 6.48. The monoisotopic (exact) mass is 260 g/mol. The average molecular weight is 260 g/mol. The van der Waals surface area contributed by atoms with Gasteiger partial charge in [0.15, 0.2) is 0 Å². The summed E-state index contributed by atoms with van der Waals surface area (Å²) >= 11 is 0. The van der Waals surface area contributed by atoms with Gasteiger partial charge in [-0.15, -0.1) is 0 Å². The summed E-state index contributed by atoms with van der Waals surface area (Å²) in [7, 11) is 3.27. The number of nitrogens with one attached hydrogen (secondary N) is 2. The van der Waals surface area contributed by atoms with Gasteiger partial charge in [-0.3, -0.25) is 4.98 Å². The molecule has 100 valence electrons. The molecule has 0 amide bonds. The molecule has 0 bridgehead atoms. The van der Waals surface area contributed by atoms with Crippen LogP contribution in [0.3, 0.4) is 0 Å². The molecule has 7 nitrogen and oxygen atoms in total. The molecule has 0 radical (unpaired) electrons. The summed E-state index contributed by atoms with van der Waals surface area (Å²) in [5.41, 5.74) is 1.16. The van der Waals surface area contributed by atoms with Crippen LogP contribution in [0.15, 0.2) is 24.5 Å². The van der Waals surface area contributed by atoms with Crippen LogP contribution in [0.25, 0.3) is 0 Å². The molecule has 2 aromatic heterocycles. The number of anilines is 2. The van der Waals surface area contributed by atoms with Gasteiger partial charge in [0.05, 0.1) is 7.11 Å². The SMILES string of the molecule is CNc1nc(NCCc2cccnc2)nc(OC)n1. The first-order chi connectivity index (χ1) is 9.31. The molecule has 0 aliphatic carbocycles. The molecule has 0 fully saturated rings. The lowest BCUT2D eigenvalue weighted by Gasteiger charge is -2.07. The van der Waals surface area contributed by atoms with Crippen molar-refractivity contribution in [3.8, 4) is 6.01 Å². The molecule has 0 aliphatic rings. The van der Waals surface area contributed by atoms with Crippen molar-refractivity contribution in [3.05, 3.63) is 30.1 Å². The van der Waals surface area contributed by atoms with Gasteiger partial charge in [-0.25, -0.2) is 0 Å². The van der Waals surface area contributed by atoms with Crippen LogP contribution in [-0.4, -0.2) is 40.6 Å². The van der Waals surface area contributed by atoms with Crippen molar-refractivity contribution >= 4 is 11.9 Å². The average Bonchev–Trinajstić information content (AvgIpc) is 2.48. The quantitative estimate of drug-likeness (QED) is 0.800. The lowest BCUT2D eigenvalue weighted by atomic mass is 10.2. The number of hydrogen-bond acceptors (Lipinski definition) is 7. The van der Waals surface area contributed by atoms with E-state index in [2.05, 4.69) is 30.6 Å². The van der Waals surface area contributed by atoms with Crippen LogP contribution >= 0.6 is 0 Å². The topological polar surface area (TPSA) is 84.9 Å². The summed E-state index contributed by atoms with van der Waals surface area (Å²) in [5.74, 6) is 0.954. The van der Waals surface area contributed by atoms with Gasteiger partial charge in [0.2, 0.25) is 11.9 Å². The Morgan fingerprint density at radius 3 is 2.74 bits per heavy atom. The van der Waals surface area contributed by atoms with E-state index in [0.29, 0.717) is 18.4 Å². The van der Waals surface area contributed by atoms with Crippen molar-refractivity contribution in [2.24, 2.45) is 0 Å². The molecule has 2 heterocycles. The third-order valence-electron chi connectivity index (χ3n) is 2.44. The van der Waals surface area contributed by atoms with Crippen molar-refractivity contribution < 1.29 is 4.74 Å². The molecule has 2 N–H and O–H groups in total. The Balaban J connectivity index is 1.95. The van der Waals surface area contributed by atoms with Gasteiger partial charge in [-0.05, 0) is 18.1 Å². The van der Waals surface area contributed by atoms with Crippen LogP contribution in [0.4, 0.5) is 11.9 Å². The summed E-state index contributed by atoms with van der Waals surface area (Å²) in [6.45, 7) is 0.710. The number of pyridine rings is 1. The predicted octanol–water partition coefficient (Wildman–Crippen LogP) is 0.971. The molecule has 0 aromatic carbocycles. The lowest BCUT2D eigenvalue weighted by molar-refractivity contribution is 0.379. The third-order valence-corrected chi connectivity index (χ3v) is 2.44. The largest absolute Gasteiger partial charge is 0.467 e. The van der Waals surface area contributed by atoms with Crippen LogP contribution in [0.5, 0.6) is 6.01 Å². The Kier molecular flexibility index (Phi) is 4.44. The van der Waals surface area contributed by atoms with E-state index in [0.717, 1.165) is 12.0 Å². The van der Waals surface area contributed by atoms with E-state index in [1.54, 1.807) is 13.2 Å². The van der Waals surface area contributed by atoms with E-state index in [-0.39, 0.29) is 6.01 Å². The molecular weight excluding hydrogens is 244 g/mol. The van der Waals surface area contributed by atoms with Gasteiger partial charge in [-0.1, -0.05) is 6.07 Å². The Morgan fingerprint density at radius 2 is 2.05 bits per heavy atom. The zero-order valence-corrected chi connectivity index (χ0v) is 10.9. The molecule has 0 atom stereocenters. The Hall–Kier alpha value is -2.44. The van der Waals surface area contributed by atoms with Crippen molar-refractivity contribution in [3.63, 3.8) is 0 Å². The first kappa shape index (κ1) is 13.0. The first-order valence-electron chi connectivity index (χ1n) is 5.92. The zero-order chi connectivity index (χ0) is 13.5. The number of nitrogens with zero attached hydrogens (tertiary/aromatic N) is 4. The van der Waals surface area contributed by atoms with E-state index < -0.39 is 0 Å². The molecule has 0 saturated heterocycles. The van der Waals surface area contributed by atoms with E-state index in [9.17, 15) is 0 Å². The maximum Gasteiger partial charge on any atom is 0.322 e. The summed E-state index contributed by atoms with van der Waals surface area (Å²) in [4.78, 5) is 16.4. The molecular formula is C12H16N6O. The van der Waals surface area contributed by atoms with Gasteiger partial charge in [0, 0.05) is 26.0 Å². The maximum absolute atomic E-state index is 5.01. The molecule has 2 aromatic rings. The minimum atomic E-state index is 0.281. The number of aromatic nitrogens is 4. The minimum absolute atomic E-state index is 0.281. The highest BCUT2D eigenvalue weighted by Gasteiger charge is 2.04. The molecule has 2 rings (SSSR count). The fourth-order valence-corrected chi connectivity index (χ4v) is 1.50. The smallest absolute Gasteiger partial charge is 0.322 e. The highest BCUT2D eigenvalue weighted by Crippen LogP contribution is 2.10. The van der Waals surface area contributed by atoms with Gasteiger partial charge < -0.3 is 15.4 Å². The van der Waals surface area contributed by atoms with Crippen LogP contribution in [-0.2, 0) is 6.42 Å². The zero-order valence-electron chi connectivity index (χ0n) is 10.9. The van der Waals surface area contributed by atoms with E-state index in [4.69, 9.17) is 4.74 Å². The molecule has 7 heteroatoms. The number of rotatable bonds is 6. The van der Waals surface area contributed by atoms with Crippen molar-refractivity contribution in [1.29, 1.82) is 0 Å². The number of hydrogen-bond donors (Lipinski definition) is 2. The maximum atomic E-state index is 5.01. The molecule has 0 aliphatic heterocycles. The van der Waals surface area contributed by atoms with Crippen LogP contribution in [0, 0.1) is 0 Å². The van der Waals surface area contributed by atoms with Crippen LogP contribution in [0.1, 0.15) is 5.56 Å². The standard InChI is InChI=1S/C12H16N6O/c1-13-10-16-11(18-12(17-10)19-2)15-7-5-9-4-3-6-14-8-9/h3-4,6,8H,5,7H2,1-2H3,(H2,13,15,16,17,18). The van der Waals surface area contributed by atoms with Crippen molar-refractivity contribution in [2.75, 3.05) is 31.3 Å². The van der Waals surface area contributed by atoms with E-state index >= 15 is 0 Å². The minimum Gasteiger partial charge on any atom is -0.467 e. The van der Waals surface area contributed by atoms with Gasteiger partial charge in [-0.2, -0.15) is 15.0 Å². The molecule has 19 heavy (non-hydrogen) atoms. The Labute approximate surface area is 111 Å². The van der Waals surface area contributed by atoms with Crippen molar-refractivity contribution in [2.45, 2.75) is 6.42 Å². The fraction of sp³-hybridized carbons (Fsp3) is 0.333. The first-order valence-corrected chi connectivity index (χ1v) is 5.92. The normalized spacial score (nSPS) is 10.0. The van der Waals surface area contributed by atoms with E-state index in [1.807, 2.05) is 18.3 Å². The summed E-state index contributed by atoms with van der Waals surface area (Å²) in [6, 6.07) is 4.23. The second-order valence-electron chi connectivity index (χ2n) is 3.76. The summed E-state index contributed by atoms with van der Waals surface area (Å²) in [6.07, 6.45) is 4.44. The van der Waals surface area contributed by atoms with Crippen LogP contribution < -0.4 is 15.4 Å². The molecule has 0 spiro atoms. The van der Waals surface area contributed by atoms with E-state index in [1.165, 1.54) is 7.11 Å². The number of methoxy groups -OCH3 is 1. The Morgan fingerprint density at radius 1 is 1.21 bits per heavy atom. The van der Waals surface area contributed by atoms with Crippen LogP contribution in [0.2, 0.25) is 0 Å². The Bertz CT molecular complexity index is 497.